The number of ether oxygens (including phenoxy) is 1. The van der Waals surface area contributed by atoms with Gasteiger partial charge in [0.2, 0.25) is 10.0 Å². The Hall–Kier alpha value is -4.99. The van der Waals surface area contributed by atoms with Gasteiger partial charge < -0.3 is 15.2 Å². The molecule has 0 bridgehead atoms. The lowest BCUT2D eigenvalue weighted by Crippen LogP contribution is -2.27. The number of nitrogens with one attached hydrogen (secondary N) is 3. The highest BCUT2D eigenvalue weighted by atomic mass is 32.2. The quantitative estimate of drug-likeness (QED) is 0.190. The van der Waals surface area contributed by atoms with Crippen molar-refractivity contribution in [1.29, 1.82) is 5.26 Å². The van der Waals surface area contributed by atoms with Gasteiger partial charge in [-0.3, -0.25) is 5.32 Å². The number of nitriles is 1. The molecule has 4 rings (SSSR count). The standard InChI is InChI=1S/C31H31N5O6S/c1-31(2,3)42-30(39)36-28-26-12-11-24(18-23(26)14-15-33-28)35-27(29(37)38)22-9-7-20(8-10-22)13-16-34-43(40,41)25-6-4-5-21(17-25)19-32/h4-12,14-15,17-18,27,34-35H,13,16H2,1-3H3,(H,37,38)(H,33,36,39). The van der Waals surface area contributed by atoms with Crippen LogP contribution >= 0.6 is 0 Å². The van der Waals surface area contributed by atoms with Gasteiger partial charge in [0.05, 0.1) is 16.5 Å². The summed E-state index contributed by atoms with van der Waals surface area (Å²) in [6.07, 6.45) is 1.28. The molecule has 1 unspecified atom stereocenters. The number of rotatable bonds is 10. The summed E-state index contributed by atoms with van der Waals surface area (Å²) in [5, 5.41) is 26.0. The second-order valence-corrected chi connectivity index (χ2v) is 12.4. The molecule has 43 heavy (non-hydrogen) atoms. The first-order chi connectivity index (χ1) is 20.3. The van der Waals surface area contributed by atoms with Crippen LogP contribution in [0.3, 0.4) is 0 Å². The van der Waals surface area contributed by atoms with E-state index < -0.39 is 33.7 Å². The lowest BCUT2D eigenvalue weighted by Gasteiger charge is -2.20. The second kappa shape index (κ2) is 12.9. The molecule has 1 amide bonds. The van der Waals surface area contributed by atoms with Crippen molar-refractivity contribution in [3.8, 4) is 6.07 Å². The number of nitrogens with zero attached hydrogens (tertiary/aromatic N) is 2. The van der Waals surface area contributed by atoms with E-state index in [-0.39, 0.29) is 17.0 Å². The van der Waals surface area contributed by atoms with Crippen LogP contribution in [0, 0.1) is 11.3 Å². The summed E-state index contributed by atoms with van der Waals surface area (Å²) in [5.41, 5.74) is 1.45. The Morgan fingerprint density at radius 1 is 1.05 bits per heavy atom. The Morgan fingerprint density at radius 3 is 2.47 bits per heavy atom. The van der Waals surface area contributed by atoms with Crippen LogP contribution in [0.15, 0.2) is 83.9 Å². The number of hydrogen-bond donors (Lipinski definition) is 4. The molecule has 0 saturated heterocycles. The summed E-state index contributed by atoms with van der Waals surface area (Å²) >= 11 is 0. The first-order valence-electron chi connectivity index (χ1n) is 13.3. The van der Waals surface area contributed by atoms with Crippen LogP contribution in [-0.2, 0) is 26.0 Å². The van der Waals surface area contributed by atoms with E-state index in [1.54, 1.807) is 69.3 Å². The van der Waals surface area contributed by atoms with E-state index in [0.717, 1.165) is 10.9 Å². The molecule has 1 atom stereocenters. The van der Waals surface area contributed by atoms with Crippen molar-refractivity contribution in [3.05, 3.63) is 95.7 Å². The predicted octanol–water partition coefficient (Wildman–Crippen LogP) is 5.21. The Bertz CT molecular complexity index is 1790. The third-order valence-electron chi connectivity index (χ3n) is 6.23. The summed E-state index contributed by atoms with van der Waals surface area (Å²) in [5.74, 6) is -0.760. The fourth-order valence-electron chi connectivity index (χ4n) is 4.24. The van der Waals surface area contributed by atoms with E-state index in [0.29, 0.717) is 28.9 Å². The highest BCUT2D eigenvalue weighted by Crippen LogP contribution is 2.28. The number of aromatic nitrogens is 1. The van der Waals surface area contributed by atoms with Gasteiger partial charge in [0.15, 0.2) is 6.04 Å². The van der Waals surface area contributed by atoms with Gasteiger partial charge in [-0.1, -0.05) is 30.3 Å². The molecule has 4 aromatic rings. The topological polar surface area (TPSA) is 171 Å². The maximum atomic E-state index is 12.6. The summed E-state index contributed by atoms with van der Waals surface area (Å²) in [7, 11) is -3.78. The summed E-state index contributed by atoms with van der Waals surface area (Å²) < 4.78 is 32.9. The molecular weight excluding hydrogens is 570 g/mol. The van der Waals surface area contributed by atoms with Crippen LogP contribution in [0.5, 0.6) is 0 Å². The van der Waals surface area contributed by atoms with Crippen LogP contribution in [0.25, 0.3) is 10.8 Å². The van der Waals surface area contributed by atoms with E-state index in [9.17, 15) is 23.1 Å². The molecule has 4 N–H and O–H groups in total. The van der Waals surface area contributed by atoms with Crippen molar-refractivity contribution in [1.82, 2.24) is 9.71 Å². The molecule has 0 spiro atoms. The largest absolute Gasteiger partial charge is 0.479 e. The minimum Gasteiger partial charge on any atom is -0.479 e. The summed E-state index contributed by atoms with van der Waals surface area (Å²) in [6, 6.07) is 20.4. The van der Waals surface area contributed by atoms with Crippen LogP contribution < -0.4 is 15.4 Å². The van der Waals surface area contributed by atoms with Gasteiger partial charge in [-0.05, 0) is 86.2 Å². The van der Waals surface area contributed by atoms with Gasteiger partial charge in [-0.2, -0.15) is 5.26 Å². The molecule has 0 saturated carbocycles. The predicted molar refractivity (Wildman–Crippen MR) is 162 cm³/mol. The van der Waals surface area contributed by atoms with Crippen LogP contribution in [0.2, 0.25) is 0 Å². The molecule has 1 aromatic heterocycles. The first kappa shape index (κ1) is 31.0. The molecular formula is C31H31N5O6S. The zero-order valence-corrected chi connectivity index (χ0v) is 24.6. The Balaban J connectivity index is 1.42. The molecule has 11 nitrogen and oxygen atoms in total. The number of aliphatic carboxylic acids is 1. The number of carbonyl (C=O) groups excluding carboxylic acids is 1. The molecule has 222 valence electrons. The maximum absolute atomic E-state index is 12.6. The highest BCUT2D eigenvalue weighted by molar-refractivity contribution is 7.89. The van der Waals surface area contributed by atoms with Crippen molar-refractivity contribution >= 4 is 44.4 Å². The molecule has 0 aliphatic carbocycles. The zero-order chi connectivity index (χ0) is 31.2. The number of benzene rings is 3. The molecule has 12 heteroatoms. The first-order valence-corrected chi connectivity index (χ1v) is 14.8. The smallest absolute Gasteiger partial charge is 0.413 e. The average Bonchev–Trinajstić information content (AvgIpc) is 2.95. The Morgan fingerprint density at radius 2 is 1.79 bits per heavy atom. The fraction of sp³-hybridized carbons (Fsp3) is 0.226. The van der Waals surface area contributed by atoms with Crippen molar-refractivity contribution < 1.29 is 27.9 Å². The molecule has 0 aliphatic heterocycles. The number of anilines is 2. The normalized spacial score (nSPS) is 12.2. The van der Waals surface area contributed by atoms with Gasteiger partial charge in [0.1, 0.15) is 11.4 Å². The number of pyridine rings is 1. The van der Waals surface area contributed by atoms with E-state index in [1.165, 1.54) is 30.5 Å². The summed E-state index contributed by atoms with van der Waals surface area (Å²) in [4.78, 5) is 28.7. The SMILES string of the molecule is CC(C)(C)OC(=O)Nc1nccc2cc(NC(C(=O)O)c3ccc(CCNS(=O)(=O)c4cccc(C#N)c4)cc3)ccc12. The van der Waals surface area contributed by atoms with Crippen molar-refractivity contribution in [3.63, 3.8) is 0 Å². The van der Waals surface area contributed by atoms with Gasteiger partial charge in [-0.25, -0.2) is 27.7 Å². The van der Waals surface area contributed by atoms with Gasteiger partial charge in [0.25, 0.3) is 0 Å². The third-order valence-corrected chi connectivity index (χ3v) is 7.69. The molecule has 0 radical (unpaired) electrons. The minimum atomic E-state index is -3.78. The zero-order valence-electron chi connectivity index (χ0n) is 23.8. The Kier molecular flexibility index (Phi) is 9.28. The number of carbonyl (C=O) groups is 2. The lowest BCUT2D eigenvalue weighted by atomic mass is 10.0. The third kappa shape index (κ3) is 8.28. The van der Waals surface area contributed by atoms with E-state index in [4.69, 9.17) is 10.00 Å². The number of carboxylic acids is 1. The second-order valence-electron chi connectivity index (χ2n) is 10.7. The van der Waals surface area contributed by atoms with Gasteiger partial charge in [-0.15, -0.1) is 0 Å². The number of carboxylic acid groups (broad SMARTS) is 1. The van der Waals surface area contributed by atoms with E-state index in [2.05, 4.69) is 20.3 Å². The van der Waals surface area contributed by atoms with Crippen LogP contribution in [-0.4, -0.2) is 42.7 Å². The van der Waals surface area contributed by atoms with Crippen molar-refractivity contribution in [2.45, 2.75) is 43.7 Å². The monoisotopic (exact) mass is 601 g/mol. The van der Waals surface area contributed by atoms with Gasteiger partial charge in [0, 0.05) is 23.8 Å². The maximum Gasteiger partial charge on any atom is 0.413 e. The van der Waals surface area contributed by atoms with E-state index in [1.807, 2.05) is 6.07 Å². The van der Waals surface area contributed by atoms with Crippen LogP contribution in [0.4, 0.5) is 16.3 Å². The Labute approximate surface area is 249 Å². The number of hydrogen-bond acceptors (Lipinski definition) is 8. The molecule has 0 fully saturated rings. The molecule has 0 aliphatic rings. The van der Waals surface area contributed by atoms with Crippen molar-refractivity contribution in [2.24, 2.45) is 0 Å². The fourth-order valence-corrected chi connectivity index (χ4v) is 5.32. The molecule has 1 heterocycles. The molecule has 3 aromatic carbocycles. The minimum absolute atomic E-state index is 0.0118. The highest BCUT2D eigenvalue weighted by Gasteiger charge is 2.21. The number of sulfonamides is 1. The van der Waals surface area contributed by atoms with Crippen molar-refractivity contribution in [2.75, 3.05) is 17.2 Å². The van der Waals surface area contributed by atoms with Crippen LogP contribution in [0.1, 0.15) is 43.5 Å². The van der Waals surface area contributed by atoms with E-state index >= 15 is 0 Å². The average molecular weight is 602 g/mol. The van der Waals surface area contributed by atoms with Gasteiger partial charge >= 0.3 is 12.1 Å². The lowest BCUT2D eigenvalue weighted by molar-refractivity contribution is -0.138. The number of fused-ring (bicyclic) bond motifs is 1. The summed E-state index contributed by atoms with van der Waals surface area (Å²) in [6.45, 7) is 5.41. The number of amides is 1.